The summed E-state index contributed by atoms with van der Waals surface area (Å²) in [6.45, 7) is 10.5. The van der Waals surface area contributed by atoms with E-state index in [1.54, 1.807) is 0 Å². The minimum Gasteiger partial charge on any atom is -0.493 e. The molecule has 1 aromatic carbocycles. The third kappa shape index (κ3) is 6.28. The van der Waals surface area contributed by atoms with E-state index >= 15 is 0 Å². The molecule has 3 heterocycles. The highest BCUT2D eigenvalue weighted by Gasteiger charge is 2.11. The molecule has 0 radical (unpaired) electrons. The zero-order valence-electron chi connectivity index (χ0n) is 18.7. The van der Waals surface area contributed by atoms with Crippen LogP contribution in [0.4, 0.5) is 0 Å². The summed E-state index contributed by atoms with van der Waals surface area (Å²) < 4.78 is 8.35. The van der Waals surface area contributed by atoms with Crippen molar-refractivity contribution in [2.24, 2.45) is 0 Å². The van der Waals surface area contributed by atoms with Crippen LogP contribution in [0.2, 0.25) is 0 Å². The highest BCUT2D eigenvalue weighted by atomic mass is 16.5. The van der Waals surface area contributed by atoms with Crippen LogP contribution in [-0.2, 0) is 13.1 Å². The van der Waals surface area contributed by atoms with Crippen LogP contribution in [0.15, 0.2) is 48.9 Å². The van der Waals surface area contributed by atoms with Crippen LogP contribution in [0.5, 0.6) is 5.75 Å². The molecule has 0 atom stereocenters. The lowest BCUT2D eigenvalue weighted by Gasteiger charge is -2.20. The Labute approximate surface area is 185 Å². The van der Waals surface area contributed by atoms with Crippen molar-refractivity contribution in [3.63, 3.8) is 0 Å². The number of aryl methyl sites for hydroxylation is 1. The van der Waals surface area contributed by atoms with Crippen LogP contribution in [0, 0.1) is 0 Å². The second-order valence-corrected chi connectivity index (χ2v) is 8.38. The molecule has 0 spiro atoms. The van der Waals surface area contributed by atoms with Gasteiger partial charge in [0.15, 0.2) is 0 Å². The Morgan fingerprint density at radius 3 is 2.74 bits per heavy atom. The maximum absolute atomic E-state index is 6.08. The third-order valence-electron chi connectivity index (χ3n) is 6.11. The van der Waals surface area contributed by atoms with Gasteiger partial charge in [-0.25, -0.2) is 4.98 Å². The molecule has 6 heteroatoms. The van der Waals surface area contributed by atoms with E-state index in [1.165, 1.54) is 44.4 Å². The van der Waals surface area contributed by atoms with Gasteiger partial charge in [0.1, 0.15) is 5.75 Å². The van der Waals surface area contributed by atoms with Gasteiger partial charge >= 0.3 is 0 Å². The minimum absolute atomic E-state index is 0.716. The molecule has 0 N–H and O–H groups in total. The number of imidazole rings is 1. The van der Waals surface area contributed by atoms with Gasteiger partial charge in [-0.15, -0.1) is 0 Å². The average molecular weight is 422 g/mol. The summed E-state index contributed by atoms with van der Waals surface area (Å²) >= 11 is 0. The van der Waals surface area contributed by atoms with Crippen LogP contribution in [0.25, 0.3) is 11.0 Å². The first-order valence-electron chi connectivity index (χ1n) is 11.7. The molecule has 1 saturated heterocycles. The molecule has 3 aromatic rings. The van der Waals surface area contributed by atoms with Crippen molar-refractivity contribution in [1.29, 1.82) is 0 Å². The van der Waals surface area contributed by atoms with Gasteiger partial charge in [-0.1, -0.05) is 13.0 Å². The maximum atomic E-state index is 6.08. The molecule has 0 amide bonds. The molecule has 1 aliphatic heterocycles. The van der Waals surface area contributed by atoms with Crippen molar-refractivity contribution >= 4 is 11.0 Å². The van der Waals surface area contributed by atoms with Crippen molar-refractivity contribution in [1.82, 2.24) is 24.3 Å². The number of nitrogens with zero attached hydrogens (tertiary/aromatic N) is 5. The van der Waals surface area contributed by atoms with E-state index in [0.29, 0.717) is 6.61 Å². The predicted molar refractivity (Wildman–Crippen MR) is 125 cm³/mol. The first-order chi connectivity index (χ1) is 15.3. The Morgan fingerprint density at radius 1 is 1.03 bits per heavy atom. The predicted octanol–water partition coefficient (Wildman–Crippen LogP) is 4.21. The van der Waals surface area contributed by atoms with Crippen LogP contribution in [0.1, 0.15) is 38.3 Å². The number of hydrogen-bond donors (Lipinski definition) is 0. The van der Waals surface area contributed by atoms with Crippen molar-refractivity contribution in [3.8, 4) is 5.75 Å². The van der Waals surface area contributed by atoms with Crippen molar-refractivity contribution in [3.05, 3.63) is 54.6 Å². The maximum Gasteiger partial charge on any atom is 0.121 e. The fourth-order valence-corrected chi connectivity index (χ4v) is 4.32. The van der Waals surface area contributed by atoms with E-state index in [4.69, 9.17) is 4.74 Å². The Hall–Kier alpha value is -2.44. The van der Waals surface area contributed by atoms with E-state index < -0.39 is 0 Å². The van der Waals surface area contributed by atoms with Gasteiger partial charge in [0, 0.05) is 31.9 Å². The fraction of sp³-hybridized carbons (Fsp3) is 0.520. The quantitative estimate of drug-likeness (QED) is 0.410. The molecule has 6 nitrogen and oxygen atoms in total. The van der Waals surface area contributed by atoms with Gasteiger partial charge in [-0.3, -0.25) is 9.88 Å². The summed E-state index contributed by atoms with van der Waals surface area (Å²) in [4.78, 5) is 14.0. The third-order valence-corrected chi connectivity index (χ3v) is 6.11. The minimum atomic E-state index is 0.716. The molecular weight excluding hydrogens is 386 g/mol. The normalized spacial score (nSPS) is 14.6. The Kier molecular flexibility index (Phi) is 7.91. The number of hydrogen-bond acceptors (Lipinski definition) is 5. The molecule has 4 rings (SSSR count). The van der Waals surface area contributed by atoms with Crippen LogP contribution < -0.4 is 4.74 Å². The number of aromatic nitrogens is 3. The number of likely N-dealkylation sites (tertiary alicyclic amines) is 1. The summed E-state index contributed by atoms with van der Waals surface area (Å²) in [7, 11) is 0. The van der Waals surface area contributed by atoms with Crippen molar-refractivity contribution < 1.29 is 4.74 Å². The van der Waals surface area contributed by atoms with Crippen LogP contribution in [-0.4, -0.2) is 63.7 Å². The number of ether oxygens (including phenoxy) is 1. The molecule has 166 valence electrons. The molecule has 1 aliphatic rings. The average Bonchev–Trinajstić information content (AvgIpc) is 3.47. The smallest absolute Gasteiger partial charge is 0.121 e. The first-order valence-corrected chi connectivity index (χ1v) is 11.7. The largest absolute Gasteiger partial charge is 0.493 e. The Bertz CT molecular complexity index is 920. The highest BCUT2D eigenvalue weighted by Crippen LogP contribution is 2.21. The molecule has 31 heavy (non-hydrogen) atoms. The van der Waals surface area contributed by atoms with Gasteiger partial charge in [0.25, 0.3) is 0 Å². The number of fused-ring (bicyclic) bond motifs is 1. The van der Waals surface area contributed by atoms with E-state index in [-0.39, 0.29) is 0 Å². The van der Waals surface area contributed by atoms with Gasteiger partial charge in [-0.05, 0) is 76.1 Å². The summed E-state index contributed by atoms with van der Waals surface area (Å²) in [6.07, 6.45) is 8.70. The van der Waals surface area contributed by atoms with Crippen LogP contribution >= 0.6 is 0 Å². The summed E-state index contributed by atoms with van der Waals surface area (Å²) in [5.74, 6) is 0.932. The van der Waals surface area contributed by atoms with E-state index in [2.05, 4.69) is 49.5 Å². The van der Waals surface area contributed by atoms with Crippen molar-refractivity contribution in [2.75, 3.05) is 39.3 Å². The van der Waals surface area contributed by atoms with Crippen LogP contribution in [0.3, 0.4) is 0 Å². The highest BCUT2D eigenvalue weighted by molar-refractivity contribution is 5.77. The lowest BCUT2D eigenvalue weighted by Crippen LogP contribution is -2.25. The standard InChI is InChI=1S/C25H35N5O/c1-2-28(20-22-9-3-4-12-26-22)16-8-18-31-23-10-11-24-25(19-23)30(21-27-24)17-7-15-29-13-5-6-14-29/h3-4,9-12,19,21H,2,5-8,13-18,20H2,1H3. The monoisotopic (exact) mass is 421 g/mol. The number of pyridine rings is 1. The Balaban J connectivity index is 1.24. The summed E-state index contributed by atoms with van der Waals surface area (Å²) in [5.41, 5.74) is 3.33. The van der Waals surface area contributed by atoms with Gasteiger partial charge in [0.05, 0.1) is 29.7 Å². The zero-order chi connectivity index (χ0) is 21.3. The Morgan fingerprint density at radius 2 is 1.94 bits per heavy atom. The van der Waals surface area contributed by atoms with Gasteiger partial charge in [0.2, 0.25) is 0 Å². The van der Waals surface area contributed by atoms with Gasteiger partial charge in [-0.2, -0.15) is 0 Å². The molecule has 2 aromatic heterocycles. The van der Waals surface area contributed by atoms with Gasteiger partial charge < -0.3 is 14.2 Å². The van der Waals surface area contributed by atoms with E-state index in [0.717, 1.165) is 49.6 Å². The summed E-state index contributed by atoms with van der Waals surface area (Å²) in [5, 5.41) is 0. The van der Waals surface area contributed by atoms with Crippen molar-refractivity contribution in [2.45, 2.75) is 45.7 Å². The summed E-state index contributed by atoms with van der Waals surface area (Å²) in [6, 6.07) is 12.3. The lowest BCUT2D eigenvalue weighted by atomic mass is 10.3. The molecule has 0 unspecified atom stereocenters. The molecular formula is C25H35N5O. The fourth-order valence-electron chi connectivity index (χ4n) is 4.32. The zero-order valence-corrected chi connectivity index (χ0v) is 18.7. The second kappa shape index (κ2) is 11.3. The second-order valence-electron chi connectivity index (χ2n) is 8.38. The van der Waals surface area contributed by atoms with E-state index in [9.17, 15) is 0 Å². The number of rotatable bonds is 12. The molecule has 1 fully saturated rings. The number of benzene rings is 1. The van der Waals surface area contributed by atoms with E-state index in [1.807, 2.05) is 30.7 Å². The molecule has 0 bridgehead atoms. The topological polar surface area (TPSA) is 46.4 Å². The SMILES string of the molecule is CCN(CCCOc1ccc2ncn(CCCN3CCCC3)c2c1)Cc1ccccn1. The molecule has 0 saturated carbocycles. The first kappa shape index (κ1) is 21.8. The molecule has 0 aliphatic carbocycles. The lowest BCUT2D eigenvalue weighted by molar-refractivity contribution is 0.234.